The first-order valence-electron chi connectivity index (χ1n) is 3.29. The second kappa shape index (κ2) is 3.84. The molecule has 0 saturated heterocycles. The van der Waals surface area contributed by atoms with E-state index in [4.69, 9.17) is 0 Å². The molecule has 0 amide bonds. The SMILES string of the molecule is CC(=O)c1c(Br)cc(F)c(Br)c1F. The lowest BCUT2D eigenvalue weighted by atomic mass is 10.1. The lowest BCUT2D eigenvalue weighted by Crippen LogP contribution is -2.01. The van der Waals surface area contributed by atoms with Gasteiger partial charge in [-0.05, 0) is 44.8 Å². The molecular formula is C8H4Br2F2O. The van der Waals surface area contributed by atoms with Crippen LogP contribution < -0.4 is 0 Å². The molecule has 0 bridgehead atoms. The maximum Gasteiger partial charge on any atom is 0.163 e. The highest BCUT2D eigenvalue weighted by atomic mass is 79.9. The molecule has 0 aliphatic heterocycles. The van der Waals surface area contributed by atoms with Crippen LogP contribution in [0, 0.1) is 11.6 Å². The first-order valence-corrected chi connectivity index (χ1v) is 4.87. The van der Waals surface area contributed by atoms with Gasteiger partial charge >= 0.3 is 0 Å². The number of benzene rings is 1. The quantitative estimate of drug-likeness (QED) is 0.439. The van der Waals surface area contributed by atoms with Gasteiger partial charge in [0.1, 0.15) is 5.82 Å². The molecule has 0 saturated carbocycles. The number of carbonyl (C=O) groups excluding carboxylic acids is 1. The Morgan fingerprint density at radius 1 is 1.38 bits per heavy atom. The zero-order valence-corrected chi connectivity index (χ0v) is 9.67. The Labute approximate surface area is 90.4 Å². The van der Waals surface area contributed by atoms with E-state index in [9.17, 15) is 13.6 Å². The lowest BCUT2D eigenvalue weighted by molar-refractivity contribution is 0.101. The zero-order chi connectivity index (χ0) is 10.2. The van der Waals surface area contributed by atoms with Crippen LogP contribution in [0.2, 0.25) is 0 Å². The van der Waals surface area contributed by atoms with E-state index in [1.807, 2.05) is 0 Å². The minimum Gasteiger partial charge on any atom is -0.294 e. The van der Waals surface area contributed by atoms with Crippen LogP contribution in [0.5, 0.6) is 0 Å². The van der Waals surface area contributed by atoms with Gasteiger partial charge in [0.2, 0.25) is 0 Å². The summed E-state index contributed by atoms with van der Waals surface area (Å²) in [7, 11) is 0. The highest BCUT2D eigenvalue weighted by Gasteiger charge is 2.18. The molecule has 0 radical (unpaired) electrons. The van der Waals surface area contributed by atoms with E-state index in [1.165, 1.54) is 6.92 Å². The van der Waals surface area contributed by atoms with Crippen LogP contribution in [0.3, 0.4) is 0 Å². The molecule has 0 fully saturated rings. The van der Waals surface area contributed by atoms with Crippen LogP contribution in [-0.2, 0) is 0 Å². The van der Waals surface area contributed by atoms with Crippen LogP contribution in [0.4, 0.5) is 8.78 Å². The number of ketones is 1. The van der Waals surface area contributed by atoms with Crippen molar-refractivity contribution in [3.8, 4) is 0 Å². The molecule has 1 nitrogen and oxygen atoms in total. The van der Waals surface area contributed by atoms with Crippen molar-refractivity contribution in [2.75, 3.05) is 0 Å². The fourth-order valence-electron chi connectivity index (χ4n) is 0.889. The summed E-state index contributed by atoms with van der Waals surface area (Å²) < 4.78 is 25.9. The van der Waals surface area contributed by atoms with Gasteiger partial charge in [0.25, 0.3) is 0 Å². The monoisotopic (exact) mass is 312 g/mol. The molecule has 0 unspecified atom stereocenters. The van der Waals surface area contributed by atoms with Gasteiger partial charge in [0, 0.05) is 4.47 Å². The van der Waals surface area contributed by atoms with Gasteiger partial charge in [-0.15, -0.1) is 0 Å². The normalized spacial score (nSPS) is 10.2. The van der Waals surface area contributed by atoms with Crippen molar-refractivity contribution in [2.24, 2.45) is 0 Å². The summed E-state index contributed by atoms with van der Waals surface area (Å²) in [6.45, 7) is 1.22. The van der Waals surface area contributed by atoms with Gasteiger partial charge in [0.15, 0.2) is 11.6 Å². The van der Waals surface area contributed by atoms with E-state index in [0.29, 0.717) is 0 Å². The third-order valence-electron chi connectivity index (χ3n) is 1.47. The van der Waals surface area contributed by atoms with Crippen molar-refractivity contribution in [3.05, 3.63) is 32.2 Å². The predicted molar refractivity (Wildman–Crippen MR) is 51.8 cm³/mol. The summed E-state index contributed by atoms with van der Waals surface area (Å²) in [6, 6.07) is 1.05. The van der Waals surface area contributed by atoms with E-state index in [1.54, 1.807) is 0 Å². The molecule has 1 aromatic rings. The van der Waals surface area contributed by atoms with Gasteiger partial charge < -0.3 is 0 Å². The number of hydrogen-bond acceptors (Lipinski definition) is 1. The van der Waals surface area contributed by atoms with Crippen LogP contribution in [0.25, 0.3) is 0 Å². The summed E-state index contributed by atoms with van der Waals surface area (Å²) in [5.41, 5.74) is -0.145. The molecule has 0 aliphatic rings. The predicted octanol–water partition coefficient (Wildman–Crippen LogP) is 3.69. The summed E-state index contributed by atoms with van der Waals surface area (Å²) in [6.07, 6.45) is 0. The van der Waals surface area contributed by atoms with Crippen molar-refractivity contribution < 1.29 is 13.6 Å². The fourth-order valence-corrected chi connectivity index (χ4v) is 1.86. The molecule has 0 aliphatic carbocycles. The zero-order valence-electron chi connectivity index (χ0n) is 6.50. The molecule has 1 aromatic carbocycles. The van der Waals surface area contributed by atoms with Gasteiger partial charge in [-0.3, -0.25) is 4.79 Å². The minimum atomic E-state index is -0.876. The third-order valence-corrected chi connectivity index (χ3v) is 2.82. The van der Waals surface area contributed by atoms with E-state index >= 15 is 0 Å². The van der Waals surface area contributed by atoms with Crippen LogP contribution in [0.15, 0.2) is 15.0 Å². The Morgan fingerprint density at radius 3 is 2.38 bits per heavy atom. The Morgan fingerprint density at radius 2 is 1.92 bits per heavy atom. The van der Waals surface area contributed by atoms with E-state index < -0.39 is 17.4 Å². The van der Waals surface area contributed by atoms with Crippen molar-refractivity contribution in [2.45, 2.75) is 6.92 Å². The van der Waals surface area contributed by atoms with Crippen molar-refractivity contribution in [3.63, 3.8) is 0 Å². The first-order chi connectivity index (χ1) is 5.95. The summed E-state index contributed by atoms with van der Waals surface area (Å²) >= 11 is 5.62. The number of carbonyl (C=O) groups is 1. The summed E-state index contributed by atoms with van der Waals surface area (Å²) in [4.78, 5) is 10.9. The standard InChI is InChI=1S/C8H4Br2F2O/c1-3(13)6-4(9)2-5(11)7(10)8(6)12/h2H,1H3. The van der Waals surface area contributed by atoms with Crippen LogP contribution in [-0.4, -0.2) is 5.78 Å². The van der Waals surface area contributed by atoms with Crippen molar-refractivity contribution in [1.82, 2.24) is 0 Å². The highest BCUT2D eigenvalue weighted by Crippen LogP contribution is 2.29. The molecule has 0 spiro atoms. The Hall–Kier alpha value is -0.290. The molecule has 0 N–H and O–H groups in total. The molecule has 0 heterocycles. The molecule has 1 rings (SSSR count). The second-order valence-electron chi connectivity index (χ2n) is 2.40. The Kier molecular flexibility index (Phi) is 3.18. The number of hydrogen-bond donors (Lipinski definition) is 0. The maximum absolute atomic E-state index is 13.2. The smallest absolute Gasteiger partial charge is 0.163 e. The van der Waals surface area contributed by atoms with Gasteiger partial charge in [-0.25, -0.2) is 8.78 Å². The van der Waals surface area contributed by atoms with Crippen LogP contribution >= 0.6 is 31.9 Å². The number of Topliss-reactive ketones (excluding diaryl/α,β-unsaturated/α-hetero) is 1. The largest absolute Gasteiger partial charge is 0.294 e. The average molecular weight is 314 g/mol. The van der Waals surface area contributed by atoms with E-state index in [2.05, 4.69) is 31.9 Å². The molecule has 0 atom stereocenters. The number of rotatable bonds is 1. The van der Waals surface area contributed by atoms with Gasteiger partial charge in [-0.1, -0.05) is 0 Å². The second-order valence-corrected chi connectivity index (χ2v) is 4.05. The third kappa shape index (κ3) is 1.96. The molecule has 0 aromatic heterocycles. The van der Waals surface area contributed by atoms with E-state index in [0.717, 1.165) is 6.07 Å². The molecular weight excluding hydrogens is 310 g/mol. The number of halogens is 4. The van der Waals surface area contributed by atoms with E-state index in [-0.39, 0.29) is 14.5 Å². The summed E-state index contributed by atoms with van der Waals surface area (Å²) in [5, 5.41) is 0. The minimum absolute atomic E-state index is 0.123. The fraction of sp³-hybridized carbons (Fsp3) is 0.125. The summed E-state index contributed by atoms with van der Waals surface area (Å²) in [5.74, 6) is -2.07. The Bertz CT molecular complexity index is 377. The van der Waals surface area contributed by atoms with Crippen LogP contribution in [0.1, 0.15) is 17.3 Å². The molecule has 13 heavy (non-hydrogen) atoms. The highest BCUT2D eigenvalue weighted by molar-refractivity contribution is 9.11. The van der Waals surface area contributed by atoms with Gasteiger partial charge in [-0.2, -0.15) is 0 Å². The first kappa shape index (κ1) is 10.8. The lowest BCUT2D eigenvalue weighted by Gasteiger charge is -2.04. The van der Waals surface area contributed by atoms with Crippen molar-refractivity contribution >= 4 is 37.6 Å². The Balaban J connectivity index is 3.53. The van der Waals surface area contributed by atoms with Gasteiger partial charge in [0.05, 0.1) is 10.0 Å². The molecule has 5 heteroatoms. The maximum atomic E-state index is 13.2. The topological polar surface area (TPSA) is 17.1 Å². The average Bonchev–Trinajstić information content (AvgIpc) is 1.99. The molecule has 70 valence electrons. The van der Waals surface area contributed by atoms with Crippen molar-refractivity contribution in [1.29, 1.82) is 0 Å².